The molecule has 26 heavy (non-hydrogen) atoms. The van der Waals surface area contributed by atoms with Crippen molar-refractivity contribution in [3.05, 3.63) is 23.8 Å². The van der Waals surface area contributed by atoms with Crippen LogP contribution in [0.3, 0.4) is 0 Å². The van der Waals surface area contributed by atoms with Gasteiger partial charge in [0.2, 0.25) is 5.91 Å². The van der Waals surface area contributed by atoms with Gasteiger partial charge in [0.15, 0.2) is 0 Å². The second-order valence-electron chi connectivity index (χ2n) is 8.65. The molecule has 1 aromatic rings. The van der Waals surface area contributed by atoms with Crippen molar-refractivity contribution in [3.8, 4) is 5.75 Å². The van der Waals surface area contributed by atoms with Crippen molar-refractivity contribution < 1.29 is 14.3 Å². The Hall–Kier alpha value is -2.24. The summed E-state index contributed by atoms with van der Waals surface area (Å²) >= 11 is 0. The third-order valence-corrected chi connectivity index (χ3v) is 5.74. The predicted octanol–water partition coefficient (Wildman–Crippen LogP) is 1.97. The molecule has 6 nitrogen and oxygen atoms in total. The minimum atomic E-state index is -0.352. The number of fused-ring (bicyclic) bond motifs is 2. The maximum atomic E-state index is 12.8. The summed E-state index contributed by atoms with van der Waals surface area (Å²) in [5, 5.41) is 6.32. The molecular formula is C20H27N3O3. The molecule has 6 heteroatoms. The third-order valence-electron chi connectivity index (χ3n) is 5.74. The molecule has 3 aliphatic rings. The highest BCUT2D eigenvalue weighted by molar-refractivity contribution is 5.95. The number of amides is 2. The van der Waals surface area contributed by atoms with Crippen molar-refractivity contribution in [1.82, 2.24) is 10.2 Å². The summed E-state index contributed by atoms with van der Waals surface area (Å²) in [7, 11) is 0. The average Bonchev–Trinajstić information content (AvgIpc) is 3.07. The second-order valence-corrected chi connectivity index (χ2v) is 8.65. The van der Waals surface area contributed by atoms with E-state index < -0.39 is 0 Å². The molecule has 1 saturated heterocycles. The van der Waals surface area contributed by atoms with E-state index >= 15 is 0 Å². The van der Waals surface area contributed by atoms with E-state index in [2.05, 4.69) is 10.6 Å². The lowest BCUT2D eigenvalue weighted by molar-refractivity contribution is -0.128. The summed E-state index contributed by atoms with van der Waals surface area (Å²) < 4.78 is 5.63. The Morgan fingerprint density at radius 2 is 2.00 bits per heavy atom. The average molecular weight is 357 g/mol. The van der Waals surface area contributed by atoms with Crippen LogP contribution >= 0.6 is 0 Å². The van der Waals surface area contributed by atoms with Crippen molar-refractivity contribution in [3.63, 3.8) is 0 Å². The smallest absolute Gasteiger partial charge is 0.254 e. The Bertz CT molecular complexity index is 728. The van der Waals surface area contributed by atoms with Gasteiger partial charge in [-0.3, -0.25) is 9.59 Å². The van der Waals surface area contributed by atoms with Crippen molar-refractivity contribution in [2.45, 2.75) is 20.8 Å². The van der Waals surface area contributed by atoms with Crippen LogP contribution in [-0.2, 0) is 4.79 Å². The first-order valence-corrected chi connectivity index (χ1v) is 9.43. The number of rotatable bonds is 3. The number of nitrogens with one attached hydrogen (secondary N) is 2. The number of hydrogen-bond donors (Lipinski definition) is 2. The van der Waals surface area contributed by atoms with Gasteiger partial charge in [-0.05, 0) is 36.0 Å². The van der Waals surface area contributed by atoms with Gasteiger partial charge in [-0.15, -0.1) is 0 Å². The van der Waals surface area contributed by atoms with Gasteiger partial charge in [-0.1, -0.05) is 20.8 Å². The zero-order chi connectivity index (χ0) is 18.5. The SMILES string of the molecule is CC(C)(C)C(=O)NCC1C2CN(C(=O)c3ccc4c(c3)OCCN4)CC12. The van der Waals surface area contributed by atoms with Crippen LogP contribution in [0, 0.1) is 23.2 Å². The summed E-state index contributed by atoms with van der Waals surface area (Å²) in [5.41, 5.74) is 1.29. The summed E-state index contributed by atoms with van der Waals surface area (Å²) in [6.07, 6.45) is 0. The number of likely N-dealkylation sites (tertiary alicyclic amines) is 1. The molecule has 0 spiro atoms. The molecule has 2 fully saturated rings. The van der Waals surface area contributed by atoms with Gasteiger partial charge in [-0.25, -0.2) is 0 Å². The molecule has 2 unspecified atom stereocenters. The van der Waals surface area contributed by atoms with E-state index in [1.165, 1.54) is 0 Å². The molecule has 140 valence electrons. The van der Waals surface area contributed by atoms with Crippen LogP contribution in [0.5, 0.6) is 5.75 Å². The van der Waals surface area contributed by atoms with Crippen LogP contribution in [0.4, 0.5) is 5.69 Å². The summed E-state index contributed by atoms with van der Waals surface area (Å²) in [6, 6.07) is 5.63. The molecule has 4 rings (SSSR count). The number of benzene rings is 1. The largest absolute Gasteiger partial charge is 0.490 e. The lowest BCUT2D eigenvalue weighted by Crippen LogP contribution is -2.38. The number of carbonyl (C=O) groups excluding carboxylic acids is 2. The fourth-order valence-electron chi connectivity index (χ4n) is 4.04. The molecule has 0 bridgehead atoms. The quantitative estimate of drug-likeness (QED) is 0.868. The van der Waals surface area contributed by atoms with E-state index in [1.807, 2.05) is 43.9 Å². The molecule has 0 aromatic heterocycles. The molecule has 2 heterocycles. The van der Waals surface area contributed by atoms with E-state index in [0.29, 0.717) is 29.9 Å². The van der Waals surface area contributed by atoms with Crippen LogP contribution in [0.25, 0.3) is 0 Å². The third kappa shape index (κ3) is 3.13. The molecule has 2 amide bonds. The minimum Gasteiger partial charge on any atom is -0.490 e. The lowest BCUT2D eigenvalue weighted by Gasteiger charge is -2.23. The first-order chi connectivity index (χ1) is 12.3. The van der Waals surface area contributed by atoms with Gasteiger partial charge < -0.3 is 20.3 Å². The highest BCUT2D eigenvalue weighted by atomic mass is 16.5. The summed E-state index contributed by atoms with van der Waals surface area (Å²) in [4.78, 5) is 26.7. The molecule has 2 atom stereocenters. The monoisotopic (exact) mass is 357 g/mol. The number of ether oxygens (including phenoxy) is 1. The number of carbonyl (C=O) groups is 2. The summed E-state index contributed by atoms with van der Waals surface area (Å²) in [6.45, 7) is 9.50. The molecular weight excluding hydrogens is 330 g/mol. The minimum absolute atomic E-state index is 0.0756. The topological polar surface area (TPSA) is 70.7 Å². The summed E-state index contributed by atoms with van der Waals surface area (Å²) in [5.74, 6) is 2.49. The van der Waals surface area contributed by atoms with E-state index in [4.69, 9.17) is 4.74 Å². The molecule has 2 N–H and O–H groups in total. The van der Waals surface area contributed by atoms with E-state index in [9.17, 15) is 9.59 Å². The van der Waals surface area contributed by atoms with Gasteiger partial charge in [0.05, 0.1) is 5.69 Å². The van der Waals surface area contributed by atoms with Crippen molar-refractivity contribution in [1.29, 1.82) is 0 Å². The number of nitrogens with zero attached hydrogens (tertiary/aromatic N) is 1. The lowest BCUT2D eigenvalue weighted by atomic mass is 9.95. The van der Waals surface area contributed by atoms with E-state index in [0.717, 1.165) is 37.6 Å². The van der Waals surface area contributed by atoms with Crippen molar-refractivity contribution in [2.75, 3.05) is 38.1 Å². The maximum Gasteiger partial charge on any atom is 0.254 e. The zero-order valence-electron chi connectivity index (χ0n) is 15.7. The number of hydrogen-bond acceptors (Lipinski definition) is 4. The van der Waals surface area contributed by atoms with E-state index in [-0.39, 0.29) is 17.2 Å². The van der Waals surface area contributed by atoms with Crippen LogP contribution in [-0.4, -0.2) is 49.5 Å². The van der Waals surface area contributed by atoms with Gasteiger partial charge >= 0.3 is 0 Å². The normalized spacial score (nSPS) is 26.3. The highest BCUT2D eigenvalue weighted by Crippen LogP contribution is 2.51. The fourth-order valence-corrected chi connectivity index (χ4v) is 4.04. The zero-order valence-corrected chi connectivity index (χ0v) is 15.7. The Balaban J connectivity index is 1.31. The number of piperidine rings is 1. The number of anilines is 1. The van der Waals surface area contributed by atoms with Gasteiger partial charge in [-0.2, -0.15) is 0 Å². The Labute approximate surface area is 154 Å². The Kier molecular flexibility index (Phi) is 4.09. The predicted molar refractivity (Wildman–Crippen MR) is 99.3 cm³/mol. The van der Waals surface area contributed by atoms with Crippen LogP contribution in [0.15, 0.2) is 18.2 Å². The first kappa shape index (κ1) is 17.2. The van der Waals surface area contributed by atoms with Gasteiger partial charge in [0.1, 0.15) is 12.4 Å². The van der Waals surface area contributed by atoms with Gasteiger partial charge in [0, 0.05) is 37.2 Å². The van der Waals surface area contributed by atoms with Crippen molar-refractivity contribution in [2.24, 2.45) is 23.2 Å². The standard InChI is InChI=1S/C20H27N3O3/c1-20(2,3)19(25)22-9-13-14-10-23(11-15(13)14)18(24)12-4-5-16-17(8-12)26-7-6-21-16/h4-5,8,13-15,21H,6-7,9-11H2,1-3H3,(H,22,25). The van der Waals surface area contributed by atoms with Crippen molar-refractivity contribution >= 4 is 17.5 Å². The molecule has 1 saturated carbocycles. The first-order valence-electron chi connectivity index (χ1n) is 9.43. The maximum absolute atomic E-state index is 12.8. The Morgan fingerprint density at radius 3 is 2.69 bits per heavy atom. The van der Waals surface area contributed by atoms with Crippen LogP contribution in [0.2, 0.25) is 0 Å². The second kappa shape index (κ2) is 6.18. The molecule has 0 radical (unpaired) electrons. The molecule has 1 aliphatic carbocycles. The Morgan fingerprint density at radius 1 is 1.27 bits per heavy atom. The van der Waals surface area contributed by atoms with E-state index in [1.54, 1.807) is 0 Å². The molecule has 1 aromatic carbocycles. The highest BCUT2D eigenvalue weighted by Gasteiger charge is 2.56. The fraction of sp³-hybridized carbons (Fsp3) is 0.600. The van der Waals surface area contributed by atoms with Gasteiger partial charge in [0.25, 0.3) is 5.91 Å². The van der Waals surface area contributed by atoms with Crippen LogP contribution in [0.1, 0.15) is 31.1 Å². The van der Waals surface area contributed by atoms with Crippen LogP contribution < -0.4 is 15.4 Å². The molecule has 2 aliphatic heterocycles.